The summed E-state index contributed by atoms with van der Waals surface area (Å²) in [6.07, 6.45) is 5.46. The fourth-order valence-corrected chi connectivity index (χ4v) is 4.69. The maximum Gasteiger partial charge on any atom is 0.0595 e. The van der Waals surface area contributed by atoms with Crippen LogP contribution in [0.5, 0.6) is 0 Å². The molecule has 0 radical (unpaired) electrons. The Morgan fingerprint density at radius 2 is 1.95 bits per heavy atom. The minimum Gasteiger partial charge on any atom is -0.326 e. The number of nitrogens with zero attached hydrogens (tertiary/aromatic N) is 1. The molecule has 20 heavy (non-hydrogen) atoms. The van der Waals surface area contributed by atoms with Gasteiger partial charge < -0.3 is 5.73 Å². The van der Waals surface area contributed by atoms with Gasteiger partial charge in [-0.05, 0) is 49.6 Å². The van der Waals surface area contributed by atoms with Crippen molar-refractivity contribution in [1.82, 2.24) is 4.90 Å². The van der Waals surface area contributed by atoms with Crippen LogP contribution in [-0.2, 0) is 0 Å². The summed E-state index contributed by atoms with van der Waals surface area (Å²) in [6.45, 7) is 10.2. The summed E-state index contributed by atoms with van der Waals surface area (Å²) in [4.78, 5) is 4.20. The number of hydrogen-bond acceptors (Lipinski definition) is 3. The normalized spacial score (nSPS) is 19.9. The molecule has 1 fully saturated rings. The maximum absolute atomic E-state index is 6.41. The lowest BCUT2D eigenvalue weighted by molar-refractivity contribution is 0.105. The smallest absolute Gasteiger partial charge is 0.0595 e. The molecule has 2 unspecified atom stereocenters. The summed E-state index contributed by atoms with van der Waals surface area (Å²) in [6, 6.07) is 3.54. The van der Waals surface area contributed by atoms with Crippen LogP contribution in [-0.4, -0.2) is 23.5 Å². The highest BCUT2D eigenvalue weighted by atomic mass is 32.1. The van der Waals surface area contributed by atoms with Gasteiger partial charge in [-0.25, -0.2) is 0 Å². The minimum absolute atomic E-state index is 0.187. The maximum atomic E-state index is 6.41. The van der Waals surface area contributed by atoms with Crippen LogP contribution in [0.4, 0.5) is 0 Å². The summed E-state index contributed by atoms with van der Waals surface area (Å²) in [5, 5.41) is 2.21. The van der Waals surface area contributed by atoms with Crippen LogP contribution in [0.25, 0.3) is 0 Å². The van der Waals surface area contributed by atoms with Crippen molar-refractivity contribution in [1.29, 1.82) is 0 Å². The third-order valence-corrected chi connectivity index (χ3v) is 5.48. The monoisotopic (exact) mass is 294 g/mol. The van der Waals surface area contributed by atoms with Crippen molar-refractivity contribution in [3.8, 4) is 0 Å². The van der Waals surface area contributed by atoms with Gasteiger partial charge in [0, 0.05) is 23.5 Å². The van der Waals surface area contributed by atoms with Gasteiger partial charge in [0.25, 0.3) is 0 Å². The summed E-state index contributed by atoms with van der Waals surface area (Å²) >= 11 is 1.88. The van der Waals surface area contributed by atoms with E-state index >= 15 is 0 Å². The molecule has 2 rings (SSSR count). The molecule has 1 aromatic heterocycles. The quantitative estimate of drug-likeness (QED) is 0.845. The zero-order valence-electron chi connectivity index (χ0n) is 13.4. The molecular formula is C17H30N2S. The van der Waals surface area contributed by atoms with E-state index in [0.717, 1.165) is 12.6 Å². The zero-order valence-corrected chi connectivity index (χ0v) is 14.2. The van der Waals surface area contributed by atoms with Gasteiger partial charge >= 0.3 is 0 Å². The van der Waals surface area contributed by atoms with E-state index in [1.807, 2.05) is 11.3 Å². The molecule has 0 saturated heterocycles. The highest BCUT2D eigenvalue weighted by Gasteiger charge is 2.33. The lowest BCUT2D eigenvalue weighted by Gasteiger charge is -2.39. The van der Waals surface area contributed by atoms with Crippen molar-refractivity contribution in [2.24, 2.45) is 11.7 Å². The molecule has 0 amide bonds. The van der Waals surface area contributed by atoms with E-state index < -0.39 is 0 Å². The van der Waals surface area contributed by atoms with Crippen molar-refractivity contribution in [2.75, 3.05) is 6.54 Å². The van der Waals surface area contributed by atoms with Crippen molar-refractivity contribution < 1.29 is 0 Å². The van der Waals surface area contributed by atoms with Gasteiger partial charge in [-0.2, -0.15) is 0 Å². The molecule has 0 spiro atoms. The highest BCUT2D eigenvalue weighted by Crippen LogP contribution is 2.36. The van der Waals surface area contributed by atoms with Crippen molar-refractivity contribution in [3.05, 3.63) is 21.9 Å². The summed E-state index contributed by atoms with van der Waals surface area (Å²) in [7, 11) is 0. The lowest BCUT2D eigenvalue weighted by atomic mass is 9.99. The van der Waals surface area contributed by atoms with Crippen LogP contribution in [0.3, 0.4) is 0 Å². The number of thiophene rings is 1. The average molecular weight is 295 g/mol. The van der Waals surface area contributed by atoms with E-state index in [0.29, 0.717) is 12.0 Å². The number of nitrogens with two attached hydrogens (primary N) is 1. The number of rotatable bonds is 6. The molecule has 0 aliphatic heterocycles. The Morgan fingerprint density at radius 3 is 2.40 bits per heavy atom. The molecule has 114 valence electrons. The largest absolute Gasteiger partial charge is 0.326 e. The zero-order chi connectivity index (χ0) is 14.7. The predicted molar refractivity (Wildman–Crippen MR) is 89.2 cm³/mol. The standard InChI is InChI=1S/C17H30N2S/c1-12(2)11-19(15-7-5-6-8-15)16(14(4)18)17-13(3)9-10-20-17/h9-10,12,14-16H,5-8,11,18H2,1-4H3. The van der Waals surface area contributed by atoms with E-state index in [2.05, 4.69) is 44.0 Å². The second-order valence-corrected chi connectivity index (χ2v) is 7.75. The molecule has 1 saturated carbocycles. The van der Waals surface area contributed by atoms with Gasteiger partial charge in [0.1, 0.15) is 0 Å². The SMILES string of the molecule is Cc1ccsc1C(C(C)N)N(CC(C)C)C1CCCC1. The molecule has 1 aromatic rings. The van der Waals surface area contributed by atoms with Gasteiger partial charge in [0.15, 0.2) is 0 Å². The fourth-order valence-electron chi connectivity index (χ4n) is 3.53. The van der Waals surface area contributed by atoms with Crippen molar-refractivity contribution >= 4 is 11.3 Å². The first-order valence-corrected chi connectivity index (χ1v) is 8.94. The summed E-state index contributed by atoms with van der Waals surface area (Å²) in [5.41, 5.74) is 7.81. The average Bonchev–Trinajstić information content (AvgIpc) is 2.99. The van der Waals surface area contributed by atoms with Crippen LogP contribution < -0.4 is 5.73 Å². The topological polar surface area (TPSA) is 29.3 Å². The van der Waals surface area contributed by atoms with Gasteiger partial charge in [-0.3, -0.25) is 4.90 Å². The molecule has 3 heteroatoms. The summed E-state index contributed by atoms with van der Waals surface area (Å²) < 4.78 is 0. The molecule has 2 N–H and O–H groups in total. The predicted octanol–water partition coefficient (Wildman–Crippen LogP) is 4.35. The third kappa shape index (κ3) is 3.63. The third-order valence-electron chi connectivity index (χ3n) is 4.40. The van der Waals surface area contributed by atoms with Crippen LogP contribution in [0.15, 0.2) is 11.4 Å². The fraction of sp³-hybridized carbons (Fsp3) is 0.765. The Bertz CT molecular complexity index is 405. The van der Waals surface area contributed by atoms with Crippen LogP contribution in [0.2, 0.25) is 0 Å². The Balaban J connectivity index is 2.28. The Kier molecular flexibility index (Phi) is 5.65. The molecular weight excluding hydrogens is 264 g/mol. The Morgan fingerprint density at radius 1 is 1.30 bits per heavy atom. The first-order valence-electron chi connectivity index (χ1n) is 8.06. The molecule has 0 bridgehead atoms. The molecule has 2 nitrogen and oxygen atoms in total. The van der Waals surface area contributed by atoms with Crippen molar-refractivity contribution in [2.45, 2.75) is 71.5 Å². The van der Waals surface area contributed by atoms with Gasteiger partial charge in [-0.15, -0.1) is 11.3 Å². The first kappa shape index (κ1) is 16.0. The van der Waals surface area contributed by atoms with Crippen LogP contribution in [0, 0.1) is 12.8 Å². The Hall–Kier alpha value is -0.380. The summed E-state index contributed by atoms with van der Waals surface area (Å²) in [5.74, 6) is 0.692. The lowest BCUT2D eigenvalue weighted by Crippen LogP contribution is -2.45. The van der Waals surface area contributed by atoms with Gasteiger partial charge in [0.05, 0.1) is 6.04 Å². The molecule has 1 heterocycles. The Labute approximate surface area is 128 Å². The molecule has 2 atom stereocenters. The van der Waals surface area contributed by atoms with E-state index in [-0.39, 0.29) is 6.04 Å². The van der Waals surface area contributed by atoms with Gasteiger partial charge in [-0.1, -0.05) is 26.7 Å². The number of aryl methyl sites for hydroxylation is 1. The van der Waals surface area contributed by atoms with Gasteiger partial charge in [0.2, 0.25) is 0 Å². The number of hydrogen-bond donors (Lipinski definition) is 1. The van der Waals surface area contributed by atoms with E-state index in [1.54, 1.807) is 0 Å². The van der Waals surface area contributed by atoms with Crippen LogP contribution in [0.1, 0.15) is 62.9 Å². The van der Waals surface area contributed by atoms with E-state index in [9.17, 15) is 0 Å². The van der Waals surface area contributed by atoms with Crippen molar-refractivity contribution in [3.63, 3.8) is 0 Å². The van der Waals surface area contributed by atoms with Crippen LogP contribution >= 0.6 is 11.3 Å². The molecule has 1 aliphatic carbocycles. The minimum atomic E-state index is 0.187. The second kappa shape index (κ2) is 7.06. The van der Waals surface area contributed by atoms with E-state index in [1.165, 1.54) is 36.1 Å². The molecule has 1 aliphatic rings. The molecule has 0 aromatic carbocycles. The highest BCUT2D eigenvalue weighted by molar-refractivity contribution is 7.10. The second-order valence-electron chi connectivity index (χ2n) is 6.80. The van der Waals surface area contributed by atoms with E-state index in [4.69, 9.17) is 5.73 Å². The first-order chi connectivity index (χ1) is 9.50.